The summed E-state index contributed by atoms with van der Waals surface area (Å²) >= 11 is 0. The summed E-state index contributed by atoms with van der Waals surface area (Å²) < 4.78 is 3.20. The van der Waals surface area contributed by atoms with Crippen LogP contribution in [-0.4, -0.2) is 25.2 Å². The summed E-state index contributed by atoms with van der Waals surface area (Å²) in [6.07, 6.45) is 3.22. The van der Waals surface area contributed by atoms with E-state index in [1.165, 1.54) is 10.9 Å². The average molecular weight is 367 g/mol. The van der Waals surface area contributed by atoms with Gasteiger partial charge in [0, 0.05) is 18.7 Å². The second-order valence-electron chi connectivity index (χ2n) is 7.75. The van der Waals surface area contributed by atoms with E-state index in [2.05, 4.69) is 15.4 Å². The topological polar surface area (TPSA) is 81.8 Å². The fourth-order valence-corrected chi connectivity index (χ4v) is 2.92. The predicted octanol–water partition coefficient (Wildman–Crippen LogP) is 2.99. The Morgan fingerprint density at radius 1 is 1.22 bits per heavy atom. The van der Waals surface area contributed by atoms with E-state index in [4.69, 9.17) is 0 Å². The van der Waals surface area contributed by atoms with Crippen molar-refractivity contribution in [3.8, 4) is 0 Å². The summed E-state index contributed by atoms with van der Waals surface area (Å²) in [7, 11) is 0. The van der Waals surface area contributed by atoms with Gasteiger partial charge in [-0.2, -0.15) is 5.10 Å². The van der Waals surface area contributed by atoms with Crippen LogP contribution >= 0.6 is 0 Å². The lowest BCUT2D eigenvalue weighted by molar-refractivity contribution is -0.116. The zero-order valence-corrected chi connectivity index (χ0v) is 16.4. The molecular weight excluding hydrogens is 342 g/mol. The van der Waals surface area contributed by atoms with Crippen molar-refractivity contribution in [2.75, 3.05) is 5.32 Å². The molecule has 0 fully saturated rings. The van der Waals surface area contributed by atoms with E-state index < -0.39 is 0 Å². The van der Waals surface area contributed by atoms with Gasteiger partial charge >= 0.3 is 0 Å². The first-order valence-corrected chi connectivity index (χ1v) is 8.98. The molecule has 2 heterocycles. The molecule has 0 radical (unpaired) electrons. The second-order valence-corrected chi connectivity index (χ2v) is 7.75. The quantitative estimate of drug-likeness (QED) is 0.768. The molecule has 0 aliphatic heterocycles. The Hall–Kier alpha value is -2.96. The summed E-state index contributed by atoms with van der Waals surface area (Å²) in [5, 5.41) is 7.67. The first-order valence-electron chi connectivity index (χ1n) is 8.98. The molecule has 1 amide bonds. The number of carbonyl (C=O) groups excluding carboxylic acids is 1. The SMILES string of the molecule is Cc1cccc(NC(=O)CCn2cnc3c(cnn3C(C)(C)C)c2=O)c1C. The maximum absolute atomic E-state index is 12.7. The number of nitrogens with zero attached hydrogens (tertiary/aromatic N) is 4. The molecule has 0 bridgehead atoms. The van der Waals surface area contributed by atoms with E-state index in [1.807, 2.05) is 52.8 Å². The summed E-state index contributed by atoms with van der Waals surface area (Å²) in [6, 6.07) is 5.79. The van der Waals surface area contributed by atoms with Crippen LogP contribution in [0.25, 0.3) is 11.0 Å². The van der Waals surface area contributed by atoms with Gasteiger partial charge in [0.25, 0.3) is 5.56 Å². The van der Waals surface area contributed by atoms with Crippen molar-refractivity contribution in [3.63, 3.8) is 0 Å². The number of nitrogens with one attached hydrogen (secondary N) is 1. The zero-order valence-electron chi connectivity index (χ0n) is 16.4. The lowest BCUT2D eigenvalue weighted by Crippen LogP contribution is -2.26. The number of anilines is 1. The van der Waals surface area contributed by atoms with Crippen LogP contribution in [0, 0.1) is 13.8 Å². The fraction of sp³-hybridized carbons (Fsp3) is 0.400. The highest BCUT2D eigenvalue weighted by molar-refractivity contribution is 5.91. The Balaban J connectivity index is 1.75. The van der Waals surface area contributed by atoms with E-state index in [1.54, 1.807) is 10.9 Å². The summed E-state index contributed by atoms with van der Waals surface area (Å²) in [4.78, 5) is 29.4. The number of fused-ring (bicyclic) bond motifs is 1. The van der Waals surface area contributed by atoms with Gasteiger partial charge in [0.2, 0.25) is 5.91 Å². The van der Waals surface area contributed by atoms with Crippen molar-refractivity contribution in [1.29, 1.82) is 0 Å². The molecule has 0 spiro atoms. The molecule has 142 valence electrons. The minimum absolute atomic E-state index is 0.138. The molecular formula is C20H25N5O2. The molecule has 0 unspecified atom stereocenters. The smallest absolute Gasteiger partial charge is 0.264 e. The Morgan fingerprint density at radius 2 is 1.96 bits per heavy atom. The highest BCUT2D eigenvalue weighted by atomic mass is 16.2. The van der Waals surface area contributed by atoms with Crippen molar-refractivity contribution in [1.82, 2.24) is 19.3 Å². The summed E-state index contributed by atoms with van der Waals surface area (Å²) in [5.41, 5.74) is 3.07. The van der Waals surface area contributed by atoms with Gasteiger partial charge < -0.3 is 5.32 Å². The number of aryl methyl sites for hydroxylation is 2. The number of hydrogen-bond acceptors (Lipinski definition) is 4. The van der Waals surface area contributed by atoms with Crippen molar-refractivity contribution in [2.24, 2.45) is 0 Å². The maximum Gasteiger partial charge on any atom is 0.264 e. The number of aromatic nitrogens is 4. The van der Waals surface area contributed by atoms with Gasteiger partial charge in [0.05, 0.1) is 18.1 Å². The van der Waals surface area contributed by atoms with E-state index in [-0.39, 0.29) is 30.0 Å². The first-order chi connectivity index (χ1) is 12.7. The lowest BCUT2D eigenvalue weighted by atomic mass is 10.1. The largest absolute Gasteiger partial charge is 0.326 e. The van der Waals surface area contributed by atoms with Crippen LogP contribution in [0.5, 0.6) is 0 Å². The van der Waals surface area contributed by atoms with E-state index >= 15 is 0 Å². The molecule has 27 heavy (non-hydrogen) atoms. The van der Waals surface area contributed by atoms with E-state index in [0.717, 1.165) is 16.8 Å². The van der Waals surface area contributed by atoms with Crippen LogP contribution in [-0.2, 0) is 16.9 Å². The minimum atomic E-state index is -0.265. The molecule has 1 aromatic carbocycles. The van der Waals surface area contributed by atoms with Gasteiger partial charge in [-0.15, -0.1) is 0 Å². The van der Waals surface area contributed by atoms with Gasteiger partial charge in [-0.3, -0.25) is 14.2 Å². The van der Waals surface area contributed by atoms with Crippen LogP contribution in [0.2, 0.25) is 0 Å². The Morgan fingerprint density at radius 3 is 2.67 bits per heavy atom. The van der Waals surface area contributed by atoms with Crippen LogP contribution in [0.15, 0.2) is 35.5 Å². The average Bonchev–Trinajstić information content (AvgIpc) is 3.03. The molecule has 2 aromatic heterocycles. The third-order valence-corrected chi connectivity index (χ3v) is 4.65. The molecule has 3 aromatic rings. The Kier molecular flexibility index (Phi) is 4.87. The maximum atomic E-state index is 12.7. The zero-order chi connectivity index (χ0) is 19.8. The van der Waals surface area contributed by atoms with Crippen molar-refractivity contribution >= 4 is 22.6 Å². The molecule has 0 saturated carbocycles. The number of amides is 1. The van der Waals surface area contributed by atoms with Gasteiger partial charge in [-0.1, -0.05) is 12.1 Å². The van der Waals surface area contributed by atoms with E-state index in [0.29, 0.717) is 11.0 Å². The number of rotatable bonds is 4. The van der Waals surface area contributed by atoms with Crippen LogP contribution in [0.1, 0.15) is 38.3 Å². The molecule has 3 rings (SSSR count). The molecule has 0 aliphatic carbocycles. The normalized spacial score (nSPS) is 11.7. The fourth-order valence-electron chi connectivity index (χ4n) is 2.92. The van der Waals surface area contributed by atoms with Crippen molar-refractivity contribution in [2.45, 2.75) is 53.1 Å². The highest BCUT2D eigenvalue weighted by Gasteiger charge is 2.19. The Bertz CT molecular complexity index is 1060. The van der Waals surface area contributed by atoms with E-state index in [9.17, 15) is 9.59 Å². The number of hydrogen-bond donors (Lipinski definition) is 1. The highest BCUT2D eigenvalue weighted by Crippen LogP contribution is 2.19. The Labute approximate surface area is 158 Å². The molecule has 1 N–H and O–H groups in total. The van der Waals surface area contributed by atoms with Crippen molar-refractivity contribution in [3.05, 3.63) is 52.2 Å². The monoisotopic (exact) mass is 367 g/mol. The van der Waals surface area contributed by atoms with Crippen LogP contribution in [0.4, 0.5) is 5.69 Å². The van der Waals surface area contributed by atoms with Gasteiger partial charge in [-0.25, -0.2) is 9.67 Å². The lowest BCUT2D eigenvalue weighted by Gasteiger charge is -2.19. The van der Waals surface area contributed by atoms with Crippen LogP contribution < -0.4 is 10.9 Å². The minimum Gasteiger partial charge on any atom is -0.326 e. The summed E-state index contributed by atoms with van der Waals surface area (Å²) in [5.74, 6) is -0.138. The molecule has 7 nitrogen and oxygen atoms in total. The predicted molar refractivity (Wildman–Crippen MR) is 106 cm³/mol. The number of carbonyl (C=O) groups is 1. The molecule has 7 heteroatoms. The van der Waals surface area contributed by atoms with Gasteiger partial charge in [0.1, 0.15) is 5.39 Å². The third kappa shape index (κ3) is 3.77. The van der Waals surface area contributed by atoms with Crippen LogP contribution in [0.3, 0.4) is 0 Å². The standard InChI is InChI=1S/C20H25N5O2/c1-13-7-6-8-16(14(13)2)23-17(26)9-10-24-12-21-18-15(19(24)27)11-22-25(18)20(3,4)5/h6-8,11-12H,9-10H2,1-5H3,(H,23,26). The molecule has 0 saturated heterocycles. The summed E-state index contributed by atoms with van der Waals surface area (Å²) in [6.45, 7) is 10.3. The third-order valence-electron chi connectivity index (χ3n) is 4.65. The first kappa shape index (κ1) is 18.8. The molecule has 0 aliphatic rings. The van der Waals surface area contributed by atoms with Gasteiger partial charge in [0.15, 0.2) is 5.65 Å². The van der Waals surface area contributed by atoms with Gasteiger partial charge in [-0.05, 0) is 51.8 Å². The second kappa shape index (κ2) is 6.98. The number of benzene rings is 1. The molecule has 0 atom stereocenters. The van der Waals surface area contributed by atoms with Crippen molar-refractivity contribution < 1.29 is 4.79 Å².